The van der Waals surface area contributed by atoms with Gasteiger partial charge in [-0.1, -0.05) is 35.9 Å². The van der Waals surface area contributed by atoms with E-state index in [0.29, 0.717) is 11.1 Å². The van der Waals surface area contributed by atoms with Gasteiger partial charge in [0.2, 0.25) is 0 Å². The predicted octanol–water partition coefficient (Wildman–Crippen LogP) is 0.714. The lowest BCUT2D eigenvalue weighted by Gasteiger charge is -2.45. The number of nitrogens with zero attached hydrogens (tertiary/aromatic N) is 2. The van der Waals surface area contributed by atoms with Crippen molar-refractivity contribution in [2.45, 2.75) is 29.4 Å². The van der Waals surface area contributed by atoms with E-state index in [1.165, 1.54) is 0 Å². The molecule has 1 fully saturated rings. The maximum atomic E-state index is 11.6. The van der Waals surface area contributed by atoms with Crippen molar-refractivity contribution < 1.29 is 4.79 Å². The van der Waals surface area contributed by atoms with Gasteiger partial charge in [0, 0.05) is 11.6 Å². The van der Waals surface area contributed by atoms with Gasteiger partial charge in [-0.3, -0.25) is 4.79 Å². The first kappa shape index (κ1) is 18.9. The molecule has 9 heteroatoms. The Morgan fingerprint density at radius 2 is 1.71 bits per heavy atom. The smallest absolute Gasteiger partial charge is 0.250 e. The van der Waals surface area contributed by atoms with Crippen molar-refractivity contribution in [2.24, 2.45) is 5.73 Å². The highest BCUT2D eigenvalue weighted by atomic mass is 16.1. The lowest BCUT2D eigenvalue weighted by atomic mass is 9.49. The molecule has 28 heavy (non-hydrogen) atoms. The Balaban J connectivity index is 1.66. The van der Waals surface area contributed by atoms with Gasteiger partial charge in [-0.15, -0.1) is 0 Å². The summed E-state index contributed by atoms with van der Waals surface area (Å²) in [4.78, 5) is 11.6. The highest BCUT2D eigenvalue weighted by Gasteiger charge is 2.35. The van der Waals surface area contributed by atoms with Crippen LogP contribution in [0.25, 0.3) is 16.6 Å². The predicted molar refractivity (Wildman–Crippen MR) is 114 cm³/mol. The monoisotopic (exact) mass is 360 g/mol. The topological polar surface area (TPSA) is 72.9 Å². The number of hydrogen-bond acceptors (Lipinski definition) is 3. The minimum Gasteiger partial charge on any atom is -0.366 e. The van der Waals surface area contributed by atoms with Crippen molar-refractivity contribution in [1.82, 2.24) is 15.1 Å². The number of rotatable bonds is 3. The van der Waals surface area contributed by atoms with E-state index in [2.05, 4.69) is 10.4 Å². The first-order valence-corrected chi connectivity index (χ1v) is 9.03. The molecule has 2 heterocycles. The van der Waals surface area contributed by atoms with Crippen LogP contribution in [0.4, 0.5) is 0 Å². The van der Waals surface area contributed by atoms with Crippen LogP contribution in [0.3, 0.4) is 0 Å². The number of aromatic nitrogens is 2. The maximum absolute atomic E-state index is 11.6. The molecule has 0 bridgehead atoms. The van der Waals surface area contributed by atoms with Gasteiger partial charge >= 0.3 is 0 Å². The third-order valence-corrected chi connectivity index (χ3v) is 5.39. The van der Waals surface area contributed by atoms with Crippen LogP contribution >= 0.6 is 0 Å². The van der Waals surface area contributed by atoms with E-state index < -0.39 is 17.7 Å². The lowest BCUT2D eigenvalue weighted by Crippen LogP contribution is -2.52. The molecule has 130 valence electrons. The van der Waals surface area contributed by atoms with Gasteiger partial charge < -0.3 is 11.1 Å². The fourth-order valence-electron chi connectivity index (χ4n) is 3.81. The second-order valence-electron chi connectivity index (χ2n) is 7.17. The molecule has 5 atom stereocenters. The Kier molecular flexibility index (Phi) is 4.88. The second kappa shape index (κ2) is 7.21. The van der Waals surface area contributed by atoms with Crippen LogP contribution in [0.15, 0.2) is 48.7 Å². The number of piperidine rings is 1. The Hall–Kier alpha value is -2.40. The number of primary amides is 1. The summed E-state index contributed by atoms with van der Waals surface area (Å²) in [6, 6.07) is 13.1. The van der Waals surface area contributed by atoms with E-state index in [-0.39, 0.29) is 17.7 Å². The van der Waals surface area contributed by atoms with E-state index in [1.54, 1.807) is 16.8 Å². The van der Waals surface area contributed by atoms with Gasteiger partial charge in [0.05, 0.1) is 42.6 Å². The second-order valence-corrected chi connectivity index (χ2v) is 7.17. The third-order valence-electron chi connectivity index (χ3n) is 5.39. The number of nitrogens with two attached hydrogens (primary N) is 1. The number of hydrogen-bond donors (Lipinski definition) is 2. The molecule has 4 rings (SSSR count). The molecular formula is C19H16B4N4O. The van der Waals surface area contributed by atoms with Crippen molar-refractivity contribution in [1.29, 1.82) is 0 Å². The van der Waals surface area contributed by atoms with Gasteiger partial charge in [-0.2, -0.15) is 5.10 Å². The number of fused-ring (bicyclic) bond motifs is 1. The number of benzene rings is 2. The van der Waals surface area contributed by atoms with Crippen molar-refractivity contribution in [3.63, 3.8) is 0 Å². The van der Waals surface area contributed by atoms with Crippen LogP contribution in [0.1, 0.15) is 21.8 Å². The molecule has 3 aromatic rings. The minimum atomic E-state index is -0.506. The molecule has 1 aliphatic heterocycles. The number of carbonyl (C=O) groups is 1. The largest absolute Gasteiger partial charge is 0.366 e. The normalized spacial score (nSPS) is 27.6. The molecule has 1 amide bonds. The molecule has 5 unspecified atom stereocenters. The van der Waals surface area contributed by atoms with Crippen LogP contribution in [-0.2, 0) is 0 Å². The molecule has 1 aliphatic rings. The molecule has 5 nitrogen and oxygen atoms in total. The summed E-state index contributed by atoms with van der Waals surface area (Å²) in [5.41, 5.74) is 8.20. The highest BCUT2D eigenvalue weighted by molar-refractivity contribution is 6.28. The average molecular weight is 360 g/mol. The van der Waals surface area contributed by atoms with Crippen LogP contribution in [-0.4, -0.2) is 59.0 Å². The summed E-state index contributed by atoms with van der Waals surface area (Å²) < 4.78 is 1.71. The molecule has 0 aliphatic carbocycles. The van der Waals surface area contributed by atoms with E-state index in [0.717, 1.165) is 16.6 Å². The van der Waals surface area contributed by atoms with Crippen molar-refractivity contribution >= 4 is 48.2 Å². The number of amides is 1. The molecule has 1 saturated heterocycles. The van der Waals surface area contributed by atoms with Crippen molar-refractivity contribution in [3.05, 3.63) is 59.8 Å². The van der Waals surface area contributed by atoms with Crippen molar-refractivity contribution in [2.75, 3.05) is 0 Å². The molecular weight excluding hydrogens is 343 g/mol. The SMILES string of the molecule is [B]C1NC([B])C(c2ccc(-n3cc4cccc(C(N)=O)c4n3)cc2)C([B])C1[B]. The molecule has 3 N–H and O–H groups in total. The Bertz CT molecular complexity index is 1020. The van der Waals surface area contributed by atoms with E-state index in [4.69, 9.17) is 37.1 Å². The summed E-state index contributed by atoms with van der Waals surface area (Å²) >= 11 is 0. The zero-order valence-electron chi connectivity index (χ0n) is 15.2. The summed E-state index contributed by atoms with van der Waals surface area (Å²) in [7, 11) is 24.5. The number of carbonyl (C=O) groups excluding carboxylic acids is 1. The van der Waals surface area contributed by atoms with Gasteiger partial charge in [-0.05, 0) is 41.6 Å². The first-order chi connectivity index (χ1) is 13.4. The molecule has 2 aromatic carbocycles. The summed E-state index contributed by atoms with van der Waals surface area (Å²) in [5.74, 6) is -2.25. The molecule has 8 radical (unpaired) electrons. The first-order valence-electron chi connectivity index (χ1n) is 9.03. The minimum absolute atomic E-state index is 0.165. The van der Waals surface area contributed by atoms with Crippen LogP contribution in [0.5, 0.6) is 0 Å². The van der Waals surface area contributed by atoms with Gasteiger partial charge in [-0.25, -0.2) is 4.68 Å². The lowest BCUT2D eigenvalue weighted by molar-refractivity contribution is 0.100. The quantitative estimate of drug-likeness (QED) is 0.677. The Morgan fingerprint density at radius 3 is 2.39 bits per heavy atom. The zero-order valence-corrected chi connectivity index (χ0v) is 15.2. The van der Waals surface area contributed by atoms with E-state index in [9.17, 15) is 4.79 Å². The Morgan fingerprint density at radius 1 is 1.00 bits per heavy atom. The molecule has 0 spiro atoms. The fraction of sp³-hybridized carbons (Fsp3) is 0.263. The molecule has 1 aromatic heterocycles. The standard InChI is InChI=1S/C19H16B4N4O/c20-14-13(17(22)25-18(23)15(14)21)9-4-6-11(7-5-9)27-8-10-2-1-3-12(19(24)28)16(10)26-27/h1-8,13-15,17-18,25H,(H2,24,28). The highest BCUT2D eigenvalue weighted by Crippen LogP contribution is 2.41. The van der Waals surface area contributed by atoms with Crippen LogP contribution < -0.4 is 11.1 Å². The third kappa shape index (κ3) is 3.18. The maximum Gasteiger partial charge on any atom is 0.250 e. The summed E-state index contributed by atoms with van der Waals surface area (Å²) in [6.45, 7) is 0. The summed E-state index contributed by atoms with van der Waals surface area (Å²) in [6.07, 6.45) is 1.85. The number of nitrogens with one attached hydrogen (secondary N) is 1. The van der Waals surface area contributed by atoms with Crippen LogP contribution in [0, 0.1) is 0 Å². The molecule has 0 saturated carbocycles. The van der Waals surface area contributed by atoms with Gasteiger partial charge in [0.15, 0.2) is 0 Å². The fourth-order valence-corrected chi connectivity index (χ4v) is 3.81. The zero-order chi connectivity index (χ0) is 20.0. The average Bonchev–Trinajstić information content (AvgIpc) is 3.11. The van der Waals surface area contributed by atoms with Gasteiger partial charge in [0.1, 0.15) is 5.52 Å². The van der Waals surface area contributed by atoms with Crippen LogP contribution in [0.2, 0.25) is 11.6 Å². The van der Waals surface area contributed by atoms with E-state index in [1.807, 2.05) is 36.5 Å². The van der Waals surface area contributed by atoms with Gasteiger partial charge in [0.25, 0.3) is 5.91 Å². The Labute approximate surface area is 169 Å². The summed E-state index contributed by atoms with van der Waals surface area (Å²) in [5, 5.41) is 8.43. The van der Waals surface area contributed by atoms with E-state index >= 15 is 0 Å². The van der Waals surface area contributed by atoms with Crippen molar-refractivity contribution in [3.8, 4) is 5.69 Å².